The summed E-state index contributed by atoms with van der Waals surface area (Å²) in [5, 5.41) is 27.5. The molecule has 0 amide bonds. The fourth-order valence-corrected chi connectivity index (χ4v) is 5.99. The maximum absolute atomic E-state index is 14.4. The molecule has 54 heavy (non-hydrogen) atoms. The first kappa shape index (κ1) is 42.0. The largest absolute Gasteiger partial charge is 0.465 e. The summed E-state index contributed by atoms with van der Waals surface area (Å²) in [5.74, 6) is -2.99. The molecule has 3 unspecified atom stereocenters. The van der Waals surface area contributed by atoms with Crippen LogP contribution in [0.2, 0.25) is 10.0 Å². The van der Waals surface area contributed by atoms with Crippen molar-refractivity contribution in [3.8, 4) is 0 Å². The zero-order valence-electron chi connectivity index (χ0n) is 30.0. The summed E-state index contributed by atoms with van der Waals surface area (Å²) < 4.78 is 44.8. The summed E-state index contributed by atoms with van der Waals surface area (Å²) in [6.07, 6.45) is -3.86. The zero-order chi connectivity index (χ0) is 39.4. The van der Waals surface area contributed by atoms with Crippen molar-refractivity contribution in [2.75, 3.05) is 23.8 Å². The van der Waals surface area contributed by atoms with Gasteiger partial charge in [-0.3, -0.25) is 14.4 Å². The van der Waals surface area contributed by atoms with Gasteiger partial charge in [0.05, 0.1) is 47.0 Å². The average Bonchev–Trinajstić information content (AvgIpc) is 3.10. The molecule has 14 heteroatoms. The van der Waals surface area contributed by atoms with Crippen molar-refractivity contribution in [2.45, 2.75) is 71.2 Å². The van der Waals surface area contributed by atoms with Crippen molar-refractivity contribution >= 4 is 63.9 Å². The number of hydrogen-bond acceptors (Lipinski definition) is 10. The van der Waals surface area contributed by atoms with Gasteiger partial charge in [0.25, 0.3) is 0 Å². The lowest BCUT2D eigenvalue weighted by atomic mass is 10.0. The number of esters is 3. The molecule has 4 rings (SSSR count). The Bertz CT molecular complexity index is 1910. The molecule has 3 atom stereocenters. The molecule has 0 fully saturated rings. The van der Waals surface area contributed by atoms with Crippen LogP contribution < -0.4 is 10.6 Å². The van der Waals surface area contributed by atoms with Gasteiger partial charge in [-0.1, -0.05) is 70.7 Å². The fraction of sp³-hybridized carbons (Fsp3) is 0.325. The van der Waals surface area contributed by atoms with E-state index in [0.29, 0.717) is 22.5 Å². The Hall–Kier alpha value is -4.75. The van der Waals surface area contributed by atoms with E-state index < -0.39 is 54.5 Å². The SMILES string of the molecule is CC(=O)OC(CCCOC(=O)Cc1cc(C)ccc1Nc1c(F)cccc1Cl)CC(O)C(O)COC(=O)Cc1cc(C)ccc1Nc1c(F)cccc1Cl. The summed E-state index contributed by atoms with van der Waals surface area (Å²) in [6.45, 7) is 4.31. The number of rotatable bonds is 18. The molecule has 0 saturated heterocycles. The van der Waals surface area contributed by atoms with E-state index in [1.54, 1.807) is 36.4 Å². The highest BCUT2D eigenvalue weighted by Gasteiger charge is 2.25. The number of anilines is 4. The van der Waals surface area contributed by atoms with E-state index >= 15 is 0 Å². The lowest BCUT2D eigenvalue weighted by molar-refractivity contribution is -0.153. The van der Waals surface area contributed by atoms with Crippen molar-refractivity contribution < 1.29 is 47.6 Å². The first-order chi connectivity index (χ1) is 25.7. The number of carbonyl (C=O) groups excluding carboxylic acids is 3. The lowest BCUT2D eigenvalue weighted by Gasteiger charge is -2.23. The molecular weight excluding hydrogens is 745 g/mol. The number of ether oxygens (including phenoxy) is 3. The third kappa shape index (κ3) is 12.7. The van der Waals surface area contributed by atoms with Crippen molar-refractivity contribution in [3.63, 3.8) is 0 Å². The predicted molar refractivity (Wildman–Crippen MR) is 202 cm³/mol. The van der Waals surface area contributed by atoms with E-state index in [1.807, 2.05) is 19.9 Å². The normalized spacial score (nSPS) is 12.7. The van der Waals surface area contributed by atoms with Crippen molar-refractivity contribution in [1.82, 2.24) is 0 Å². The standard InChI is InChI=1S/C40H42Cl2F2N2O8/c1-23-12-14-33(45-39-29(41)8-4-10-31(39)43)26(17-23)19-37(50)52-16-6-7-28(54-25(3)47)21-35(48)36(49)22-53-38(51)20-27-18-24(2)13-15-34(27)46-40-30(42)9-5-11-32(40)44/h4-5,8-15,17-18,28,35-36,45-46,48-49H,6-7,16,19-22H2,1-3H3. The van der Waals surface area contributed by atoms with Crippen molar-refractivity contribution in [3.05, 3.63) is 117 Å². The number of aryl methyl sites for hydroxylation is 2. The summed E-state index contributed by atoms with van der Waals surface area (Å²) in [6, 6.07) is 19.0. The highest BCUT2D eigenvalue weighted by atomic mass is 35.5. The van der Waals surface area contributed by atoms with Crippen LogP contribution in [-0.4, -0.2) is 59.6 Å². The Kier molecular flexibility index (Phi) is 15.6. The van der Waals surface area contributed by atoms with Crippen molar-refractivity contribution in [2.24, 2.45) is 0 Å². The second-order valence-electron chi connectivity index (χ2n) is 12.8. The topological polar surface area (TPSA) is 143 Å². The Morgan fingerprint density at radius 3 is 1.72 bits per heavy atom. The molecule has 4 aromatic carbocycles. The molecular formula is C40H42Cl2F2N2O8. The van der Waals surface area contributed by atoms with Crippen LogP contribution in [0.15, 0.2) is 72.8 Å². The smallest absolute Gasteiger partial charge is 0.310 e. The number of para-hydroxylation sites is 2. The average molecular weight is 788 g/mol. The molecule has 0 bridgehead atoms. The van der Waals surface area contributed by atoms with Gasteiger partial charge >= 0.3 is 17.9 Å². The van der Waals surface area contributed by atoms with Gasteiger partial charge in [0.1, 0.15) is 30.4 Å². The molecule has 0 aromatic heterocycles. The van der Waals surface area contributed by atoms with Gasteiger partial charge in [0.15, 0.2) is 0 Å². The van der Waals surface area contributed by atoms with E-state index in [4.69, 9.17) is 37.4 Å². The number of halogens is 4. The minimum Gasteiger partial charge on any atom is -0.465 e. The van der Waals surface area contributed by atoms with Gasteiger partial charge in [-0.25, -0.2) is 8.78 Å². The minimum absolute atomic E-state index is 0.0283. The highest BCUT2D eigenvalue weighted by molar-refractivity contribution is 6.33. The Morgan fingerprint density at radius 2 is 1.24 bits per heavy atom. The van der Waals surface area contributed by atoms with Crippen LogP contribution in [0.3, 0.4) is 0 Å². The molecule has 0 heterocycles. The molecule has 10 nitrogen and oxygen atoms in total. The number of aliphatic hydroxyl groups is 2. The predicted octanol–water partition coefficient (Wildman–Crippen LogP) is 8.07. The Morgan fingerprint density at radius 1 is 0.741 bits per heavy atom. The number of benzene rings is 4. The molecule has 0 aliphatic carbocycles. The van der Waals surface area contributed by atoms with Crippen LogP contribution in [0.5, 0.6) is 0 Å². The highest BCUT2D eigenvalue weighted by Crippen LogP contribution is 2.32. The van der Waals surface area contributed by atoms with Crippen molar-refractivity contribution in [1.29, 1.82) is 0 Å². The molecule has 0 saturated carbocycles. The lowest BCUT2D eigenvalue weighted by Crippen LogP contribution is -2.35. The van der Waals surface area contributed by atoms with Gasteiger partial charge in [0, 0.05) is 24.7 Å². The summed E-state index contributed by atoms with van der Waals surface area (Å²) in [4.78, 5) is 37.3. The van der Waals surface area contributed by atoms with Gasteiger partial charge in [-0.2, -0.15) is 0 Å². The molecule has 4 N–H and O–H groups in total. The molecule has 4 aromatic rings. The van der Waals surface area contributed by atoms with Crippen LogP contribution in [0, 0.1) is 25.5 Å². The fourth-order valence-electron chi connectivity index (χ4n) is 5.57. The van der Waals surface area contributed by atoms with E-state index in [-0.39, 0.29) is 60.1 Å². The quantitative estimate of drug-likeness (QED) is 0.0444. The van der Waals surface area contributed by atoms with Gasteiger partial charge in [-0.15, -0.1) is 0 Å². The Balaban J connectivity index is 1.25. The number of aliphatic hydroxyl groups excluding tert-OH is 2. The molecule has 288 valence electrons. The van der Waals surface area contributed by atoms with Gasteiger partial charge in [0.2, 0.25) is 0 Å². The van der Waals surface area contributed by atoms with Gasteiger partial charge < -0.3 is 35.1 Å². The summed E-state index contributed by atoms with van der Waals surface area (Å²) in [5.41, 5.74) is 3.83. The third-order valence-electron chi connectivity index (χ3n) is 8.27. The number of nitrogens with one attached hydrogen (secondary N) is 2. The van der Waals surface area contributed by atoms with Crippen LogP contribution in [0.25, 0.3) is 0 Å². The molecule has 0 spiro atoms. The van der Waals surface area contributed by atoms with Crippen LogP contribution in [-0.2, 0) is 41.4 Å². The first-order valence-corrected chi connectivity index (χ1v) is 17.9. The summed E-state index contributed by atoms with van der Waals surface area (Å²) in [7, 11) is 0. The van der Waals surface area contributed by atoms with Crippen LogP contribution in [0.4, 0.5) is 31.5 Å². The molecule has 0 radical (unpaired) electrons. The number of carbonyl (C=O) groups is 3. The maximum Gasteiger partial charge on any atom is 0.310 e. The molecule has 0 aliphatic heterocycles. The van der Waals surface area contributed by atoms with Crippen LogP contribution >= 0.6 is 23.2 Å². The first-order valence-electron chi connectivity index (χ1n) is 17.2. The maximum atomic E-state index is 14.4. The monoisotopic (exact) mass is 786 g/mol. The number of hydrogen-bond donors (Lipinski definition) is 4. The van der Waals surface area contributed by atoms with E-state index in [9.17, 15) is 33.4 Å². The van der Waals surface area contributed by atoms with Crippen LogP contribution in [0.1, 0.15) is 48.4 Å². The van der Waals surface area contributed by atoms with E-state index in [1.165, 1.54) is 37.3 Å². The second kappa shape index (κ2) is 20.1. The van der Waals surface area contributed by atoms with E-state index in [2.05, 4.69) is 10.6 Å². The Labute approximate surface area is 322 Å². The molecule has 0 aliphatic rings. The zero-order valence-corrected chi connectivity index (χ0v) is 31.5. The third-order valence-corrected chi connectivity index (χ3v) is 8.90. The van der Waals surface area contributed by atoms with E-state index in [0.717, 1.165) is 11.1 Å². The van der Waals surface area contributed by atoms with Gasteiger partial charge in [-0.05, 0) is 74.2 Å². The summed E-state index contributed by atoms with van der Waals surface area (Å²) >= 11 is 12.3. The minimum atomic E-state index is -1.51. The second-order valence-corrected chi connectivity index (χ2v) is 13.6.